The number of hydrogen-bond donors (Lipinski definition) is 2. The summed E-state index contributed by atoms with van der Waals surface area (Å²) in [4.78, 5) is 22.9. The number of carbonyl (C=O) groups excluding carboxylic acids is 1. The molecule has 0 fully saturated rings. The topological polar surface area (TPSA) is 69.6 Å². The molecule has 0 unspecified atom stereocenters. The molecule has 2 N–H and O–H groups in total. The number of aromatic nitrogens is 1. The molecule has 0 aliphatic heterocycles. The lowest BCUT2D eigenvalue weighted by molar-refractivity contribution is 0.0827. The van der Waals surface area contributed by atoms with Crippen LogP contribution >= 0.6 is 11.3 Å². The number of carbonyl (C=O) groups is 1. The van der Waals surface area contributed by atoms with Crippen LogP contribution in [0.25, 0.3) is 0 Å². The minimum absolute atomic E-state index is 0.0302. The average Bonchev–Trinajstić information content (AvgIpc) is 3.12. The van der Waals surface area contributed by atoms with Gasteiger partial charge in [-0.15, -0.1) is 11.3 Å². The number of thiazole rings is 1. The SMILES string of the molecule is CCNC(=NCCCCc1nc(C)cs1)NCCc1cccc(C(=O)N(C)C)c1. The van der Waals surface area contributed by atoms with Gasteiger partial charge in [0, 0.05) is 50.4 Å². The van der Waals surface area contributed by atoms with Crippen molar-refractivity contribution in [1.29, 1.82) is 0 Å². The molecule has 0 saturated heterocycles. The Balaban J connectivity index is 1.76. The van der Waals surface area contributed by atoms with Gasteiger partial charge in [0.2, 0.25) is 0 Å². The van der Waals surface area contributed by atoms with Crippen molar-refractivity contribution >= 4 is 23.2 Å². The molecule has 158 valence electrons. The summed E-state index contributed by atoms with van der Waals surface area (Å²) in [6.45, 7) is 6.50. The number of unbranched alkanes of at least 4 members (excludes halogenated alkanes) is 1. The normalized spacial score (nSPS) is 11.4. The molecule has 0 aliphatic rings. The standard InChI is InChI=1S/C22H33N5OS/c1-5-23-22(24-13-7-6-11-20-26-17(2)16-29-20)25-14-12-18-9-8-10-19(15-18)21(28)27(3)4/h8-10,15-16H,5-7,11-14H2,1-4H3,(H2,23,24,25). The number of benzene rings is 1. The van der Waals surface area contributed by atoms with Crippen LogP contribution in [0.3, 0.4) is 0 Å². The molecule has 1 amide bonds. The average molecular weight is 416 g/mol. The maximum absolute atomic E-state index is 12.1. The van der Waals surface area contributed by atoms with Gasteiger partial charge in [-0.3, -0.25) is 9.79 Å². The van der Waals surface area contributed by atoms with Crippen LogP contribution in [-0.4, -0.2) is 55.5 Å². The second-order valence-electron chi connectivity index (χ2n) is 7.18. The second-order valence-corrected chi connectivity index (χ2v) is 8.12. The molecular weight excluding hydrogens is 382 g/mol. The van der Waals surface area contributed by atoms with Gasteiger partial charge >= 0.3 is 0 Å². The molecule has 2 aromatic rings. The van der Waals surface area contributed by atoms with Crippen molar-refractivity contribution in [2.45, 2.75) is 39.5 Å². The second kappa shape index (κ2) is 12.2. The number of rotatable bonds is 10. The van der Waals surface area contributed by atoms with Gasteiger partial charge in [-0.05, 0) is 57.2 Å². The van der Waals surface area contributed by atoms with Crippen molar-refractivity contribution in [3.8, 4) is 0 Å². The summed E-state index contributed by atoms with van der Waals surface area (Å²) in [6.07, 6.45) is 4.01. The molecule has 1 heterocycles. The lowest BCUT2D eigenvalue weighted by atomic mass is 10.1. The van der Waals surface area contributed by atoms with E-state index in [2.05, 4.69) is 39.0 Å². The van der Waals surface area contributed by atoms with E-state index >= 15 is 0 Å². The van der Waals surface area contributed by atoms with E-state index in [1.54, 1.807) is 30.3 Å². The van der Waals surface area contributed by atoms with E-state index in [9.17, 15) is 4.79 Å². The maximum Gasteiger partial charge on any atom is 0.253 e. The monoisotopic (exact) mass is 415 g/mol. The summed E-state index contributed by atoms with van der Waals surface area (Å²) >= 11 is 1.74. The summed E-state index contributed by atoms with van der Waals surface area (Å²) in [5.74, 6) is 0.876. The molecule has 0 spiro atoms. The highest BCUT2D eigenvalue weighted by molar-refractivity contribution is 7.09. The first kappa shape index (κ1) is 22.9. The Morgan fingerprint density at radius 3 is 2.72 bits per heavy atom. The first-order valence-electron chi connectivity index (χ1n) is 10.2. The predicted molar refractivity (Wildman–Crippen MR) is 122 cm³/mol. The van der Waals surface area contributed by atoms with Gasteiger partial charge in [-0.1, -0.05) is 12.1 Å². The van der Waals surface area contributed by atoms with E-state index in [4.69, 9.17) is 0 Å². The minimum Gasteiger partial charge on any atom is -0.357 e. The van der Waals surface area contributed by atoms with E-state index < -0.39 is 0 Å². The van der Waals surface area contributed by atoms with Crippen molar-refractivity contribution in [1.82, 2.24) is 20.5 Å². The number of nitrogens with zero attached hydrogens (tertiary/aromatic N) is 3. The Morgan fingerprint density at radius 1 is 1.21 bits per heavy atom. The van der Waals surface area contributed by atoms with Crippen LogP contribution in [0.2, 0.25) is 0 Å². The molecule has 7 heteroatoms. The lowest BCUT2D eigenvalue weighted by Crippen LogP contribution is -2.38. The molecule has 6 nitrogen and oxygen atoms in total. The Bertz CT molecular complexity index is 800. The largest absolute Gasteiger partial charge is 0.357 e. The van der Waals surface area contributed by atoms with Crippen molar-refractivity contribution in [2.24, 2.45) is 4.99 Å². The number of hydrogen-bond acceptors (Lipinski definition) is 4. The fraction of sp³-hybridized carbons (Fsp3) is 0.500. The fourth-order valence-electron chi connectivity index (χ4n) is 2.88. The highest BCUT2D eigenvalue weighted by atomic mass is 32.1. The summed E-state index contributed by atoms with van der Waals surface area (Å²) in [5.41, 5.74) is 2.97. The number of aryl methyl sites for hydroxylation is 2. The van der Waals surface area contributed by atoms with Gasteiger partial charge < -0.3 is 15.5 Å². The molecule has 1 aromatic heterocycles. The van der Waals surface area contributed by atoms with E-state index in [0.717, 1.165) is 68.1 Å². The van der Waals surface area contributed by atoms with Crippen molar-refractivity contribution in [2.75, 3.05) is 33.7 Å². The highest BCUT2D eigenvalue weighted by Gasteiger charge is 2.08. The highest BCUT2D eigenvalue weighted by Crippen LogP contribution is 2.11. The van der Waals surface area contributed by atoms with Crippen LogP contribution in [0.4, 0.5) is 0 Å². The van der Waals surface area contributed by atoms with Gasteiger partial charge in [0.15, 0.2) is 5.96 Å². The fourth-order valence-corrected chi connectivity index (χ4v) is 3.70. The quantitative estimate of drug-likeness (QED) is 0.355. The molecule has 1 aromatic carbocycles. The minimum atomic E-state index is 0.0302. The molecule has 0 saturated carbocycles. The Labute approximate surface area is 178 Å². The molecule has 29 heavy (non-hydrogen) atoms. The van der Waals surface area contributed by atoms with Crippen molar-refractivity contribution in [3.63, 3.8) is 0 Å². The third kappa shape index (κ3) is 8.23. The number of amides is 1. The molecule has 0 aliphatic carbocycles. The van der Waals surface area contributed by atoms with Crippen molar-refractivity contribution in [3.05, 3.63) is 51.5 Å². The van der Waals surface area contributed by atoms with E-state index in [-0.39, 0.29) is 5.91 Å². The van der Waals surface area contributed by atoms with Crippen LogP contribution in [0, 0.1) is 6.92 Å². The summed E-state index contributed by atoms with van der Waals surface area (Å²) in [7, 11) is 3.54. The predicted octanol–water partition coefficient (Wildman–Crippen LogP) is 3.27. The van der Waals surface area contributed by atoms with Gasteiger partial charge in [-0.25, -0.2) is 4.98 Å². The summed E-state index contributed by atoms with van der Waals surface area (Å²) in [5, 5.41) is 10.00. The third-order valence-corrected chi connectivity index (χ3v) is 5.39. The van der Waals surface area contributed by atoms with Crippen LogP contribution in [0.1, 0.15) is 46.4 Å². The number of aliphatic imine (C=N–C) groups is 1. The molecule has 0 bridgehead atoms. The smallest absolute Gasteiger partial charge is 0.253 e. The van der Waals surface area contributed by atoms with Gasteiger partial charge in [0.25, 0.3) is 5.91 Å². The van der Waals surface area contributed by atoms with Gasteiger partial charge in [0.05, 0.1) is 5.01 Å². The first-order valence-corrected chi connectivity index (χ1v) is 11.1. The maximum atomic E-state index is 12.1. The zero-order chi connectivity index (χ0) is 21.1. The number of guanidine groups is 1. The zero-order valence-corrected chi connectivity index (χ0v) is 18.8. The lowest BCUT2D eigenvalue weighted by Gasteiger charge is -2.13. The summed E-state index contributed by atoms with van der Waals surface area (Å²) in [6, 6.07) is 7.82. The number of nitrogens with one attached hydrogen (secondary N) is 2. The van der Waals surface area contributed by atoms with Crippen LogP contribution in [-0.2, 0) is 12.8 Å². The Kier molecular flexibility index (Phi) is 9.64. The third-order valence-electron chi connectivity index (χ3n) is 4.37. The van der Waals surface area contributed by atoms with Crippen molar-refractivity contribution < 1.29 is 4.79 Å². The molecule has 0 atom stereocenters. The Morgan fingerprint density at radius 2 is 2.03 bits per heavy atom. The zero-order valence-electron chi connectivity index (χ0n) is 18.0. The Hall–Kier alpha value is -2.41. The van der Waals surface area contributed by atoms with Crippen LogP contribution < -0.4 is 10.6 Å². The van der Waals surface area contributed by atoms with Gasteiger partial charge in [-0.2, -0.15) is 0 Å². The molecular formula is C22H33N5OS. The van der Waals surface area contributed by atoms with E-state index in [0.29, 0.717) is 0 Å². The molecule has 2 rings (SSSR count). The molecule has 0 radical (unpaired) electrons. The van der Waals surface area contributed by atoms with E-state index in [1.165, 1.54) is 5.01 Å². The van der Waals surface area contributed by atoms with Crippen LogP contribution in [0.15, 0.2) is 34.6 Å². The van der Waals surface area contributed by atoms with E-state index in [1.807, 2.05) is 25.1 Å². The van der Waals surface area contributed by atoms with Gasteiger partial charge in [0.1, 0.15) is 0 Å². The first-order chi connectivity index (χ1) is 14.0. The van der Waals surface area contributed by atoms with Crippen LogP contribution in [0.5, 0.6) is 0 Å². The summed E-state index contributed by atoms with van der Waals surface area (Å²) < 4.78 is 0.